The number of ether oxygens (including phenoxy) is 1. The fraction of sp³-hybridized carbons (Fsp3) is 0.333. The van der Waals surface area contributed by atoms with E-state index >= 15 is 0 Å². The number of pyridine rings is 1. The molecule has 1 aromatic carbocycles. The van der Waals surface area contributed by atoms with Gasteiger partial charge in [0.05, 0.1) is 12.8 Å². The Bertz CT molecular complexity index is 1090. The van der Waals surface area contributed by atoms with Crippen LogP contribution in [-0.2, 0) is 17.9 Å². The third-order valence-corrected chi connectivity index (χ3v) is 5.95. The highest BCUT2D eigenvalue weighted by molar-refractivity contribution is 9.12. The van der Waals surface area contributed by atoms with Crippen LogP contribution in [0.15, 0.2) is 87.8 Å². The van der Waals surface area contributed by atoms with Gasteiger partial charge in [0.1, 0.15) is 12.4 Å². The Morgan fingerprint density at radius 3 is 2.78 bits per heavy atom. The molecule has 1 aromatic heterocycles. The van der Waals surface area contributed by atoms with Crippen LogP contribution in [0.2, 0.25) is 0 Å². The molecule has 1 unspecified atom stereocenters. The Kier molecular flexibility index (Phi) is 10.7. The summed E-state index contributed by atoms with van der Waals surface area (Å²) in [5.74, 6) is 0.803. The topological polar surface area (TPSA) is 82.4 Å². The van der Waals surface area contributed by atoms with Gasteiger partial charge in [0, 0.05) is 61.8 Å². The van der Waals surface area contributed by atoms with E-state index in [1.165, 1.54) is 0 Å². The molecule has 1 atom stereocenters. The van der Waals surface area contributed by atoms with Gasteiger partial charge >= 0.3 is 6.09 Å². The molecule has 0 radical (unpaired) electrons. The zero-order chi connectivity index (χ0) is 25.8. The van der Waals surface area contributed by atoms with E-state index < -0.39 is 0 Å². The summed E-state index contributed by atoms with van der Waals surface area (Å²) in [7, 11) is 3.73. The van der Waals surface area contributed by atoms with E-state index in [0.717, 1.165) is 29.7 Å². The molecule has 8 nitrogen and oxygen atoms in total. The van der Waals surface area contributed by atoms with Gasteiger partial charge in [-0.15, -0.1) is 0 Å². The minimum Gasteiger partial charge on any atom is -0.445 e. The van der Waals surface area contributed by atoms with Crippen molar-refractivity contribution in [3.05, 3.63) is 88.8 Å². The zero-order valence-corrected chi connectivity index (χ0v) is 22.4. The third-order valence-electron chi connectivity index (χ3n) is 5.75. The summed E-state index contributed by atoms with van der Waals surface area (Å²) in [6, 6.07) is 13.6. The zero-order valence-electron chi connectivity index (χ0n) is 20.8. The minimum atomic E-state index is -0.290. The van der Waals surface area contributed by atoms with E-state index in [0.29, 0.717) is 30.0 Å². The number of allylic oxidation sites excluding steroid dienone is 1. The molecule has 0 bridgehead atoms. The fourth-order valence-corrected chi connectivity index (χ4v) is 3.95. The number of carbonyl (C=O) groups excluding carboxylic acids is 1. The number of hydrogen-bond acceptors (Lipinski definition) is 6. The molecule has 1 fully saturated rings. The highest BCUT2D eigenvalue weighted by Crippen LogP contribution is 2.23. The summed E-state index contributed by atoms with van der Waals surface area (Å²) in [4.78, 5) is 23.5. The number of hydrogen-bond donors (Lipinski definition) is 1. The molecule has 0 saturated carbocycles. The van der Waals surface area contributed by atoms with Crippen molar-refractivity contribution in [1.29, 1.82) is 0 Å². The van der Waals surface area contributed by atoms with Gasteiger partial charge < -0.3 is 15.0 Å². The summed E-state index contributed by atoms with van der Waals surface area (Å²) in [5, 5.41) is 9.45. The molecular weight excluding hydrogens is 520 g/mol. The van der Waals surface area contributed by atoms with Gasteiger partial charge in [-0.3, -0.25) is 15.0 Å². The van der Waals surface area contributed by atoms with Crippen molar-refractivity contribution in [2.45, 2.75) is 26.0 Å². The number of aliphatic imine (C=N–C) groups is 1. The number of nitrogens with zero attached hydrogens (tertiary/aromatic N) is 5. The van der Waals surface area contributed by atoms with Crippen LogP contribution in [0.4, 0.5) is 4.79 Å². The summed E-state index contributed by atoms with van der Waals surface area (Å²) in [6.07, 6.45) is 8.71. The van der Waals surface area contributed by atoms with Crippen molar-refractivity contribution in [3.8, 4) is 0 Å². The van der Waals surface area contributed by atoms with Crippen molar-refractivity contribution >= 4 is 34.1 Å². The first-order valence-electron chi connectivity index (χ1n) is 11.9. The number of rotatable bonds is 9. The van der Waals surface area contributed by atoms with Crippen LogP contribution < -0.4 is 5.32 Å². The summed E-state index contributed by atoms with van der Waals surface area (Å²) < 4.78 is 6.23. The lowest BCUT2D eigenvalue weighted by Crippen LogP contribution is -2.42. The molecule has 0 aliphatic carbocycles. The number of amides is 1. The first kappa shape index (κ1) is 27.1. The van der Waals surface area contributed by atoms with Gasteiger partial charge in [0.25, 0.3) is 0 Å². The molecule has 1 amide bonds. The van der Waals surface area contributed by atoms with Crippen LogP contribution >= 0.6 is 15.9 Å². The van der Waals surface area contributed by atoms with Crippen molar-refractivity contribution in [1.82, 2.24) is 20.2 Å². The Morgan fingerprint density at radius 2 is 2.08 bits per heavy atom. The second kappa shape index (κ2) is 14.2. The summed E-state index contributed by atoms with van der Waals surface area (Å²) in [5.41, 5.74) is 2.96. The second-order valence-corrected chi connectivity index (χ2v) is 9.44. The maximum Gasteiger partial charge on any atom is 0.410 e. The molecule has 1 saturated heterocycles. The van der Waals surface area contributed by atoms with E-state index in [-0.39, 0.29) is 18.6 Å². The Morgan fingerprint density at radius 1 is 1.31 bits per heavy atom. The van der Waals surface area contributed by atoms with Gasteiger partial charge in [-0.2, -0.15) is 5.10 Å². The van der Waals surface area contributed by atoms with Gasteiger partial charge in [-0.25, -0.2) is 4.79 Å². The minimum absolute atomic E-state index is 0.125. The molecule has 0 spiro atoms. The SMILES string of the molecule is C=C(Br)/C=N\N(C)C(C=C(NC)C1CCCN(C(=O)OCc2ccccc2)C1)=NCc1cccnc1. The highest BCUT2D eigenvalue weighted by Gasteiger charge is 2.27. The molecular formula is C27H33BrN6O2. The van der Waals surface area contributed by atoms with E-state index in [4.69, 9.17) is 9.73 Å². The predicted octanol–water partition coefficient (Wildman–Crippen LogP) is 4.96. The summed E-state index contributed by atoms with van der Waals surface area (Å²) in [6.45, 7) is 5.79. The van der Waals surface area contributed by atoms with Crippen LogP contribution in [0.25, 0.3) is 0 Å². The number of likely N-dealkylation sites (N-methyl/N-ethyl adjacent to an activating group) is 1. The van der Waals surface area contributed by atoms with Crippen molar-refractivity contribution in [3.63, 3.8) is 0 Å². The van der Waals surface area contributed by atoms with Crippen molar-refractivity contribution < 1.29 is 9.53 Å². The van der Waals surface area contributed by atoms with E-state index in [2.05, 4.69) is 37.9 Å². The number of hydrazone groups is 1. The van der Waals surface area contributed by atoms with Gasteiger partial charge in [-0.1, -0.05) is 43.0 Å². The van der Waals surface area contributed by atoms with Crippen molar-refractivity contribution in [2.24, 2.45) is 16.0 Å². The smallest absolute Gasteiger partial charge is 0.410 e. The lowest BCUT2D eigenvalue weighted by molar-refractivity contribution is 0.0821. The van der Waals surface area contributed by atoms with Crippen LogP contribution in [0.3, 0.4) is 0 Å². The molecule has 1 aliphatic rings. The van der Waals surface area contributed by atoms with Crippen LogP contribution in [-0.4, -0.2) is 60.2 Å². The normalized spacial score (nSPS) is 16.6. The number of amidine groups is 1. The maximum absolute atomic E-state index is 12.8. The molecule has 190 valence electrons. The Balaban J connectivity index is 1.74. The number of carbonyl (C=O) groups is 1. The molecule has 1 N–H and O–H groups in total. The standard InChI is InChI=1S/C27H33BrN6O2/c1-21(28)16-32-33(3)26(31-18-23-11-7-13-30-17-23)15-25(29-2)24-12-8-14-34(19-24)27(35)36-20-22-9-5-4-6-10-22/h4-7,9-11,13,15-17,24,29H,1,8,12,14,18-20H2,2-3H3/b25-15?,31-26?,32-16-. The first-order chi connectivity index (χ1) is 17.5. The highest BCUT2D eigenvalue weighted by atomic mass is 79.9. The fourth-order valence-electron chi connectivity index (χ4n) is 3.85. The molecule has 3 rings (SSSR count). The monoisotopic (exact) mass is 552 g/mol. The van der Waals surface area contributed by atoms with Crippen LogP contribution in [0.1, 0.15) is 24.0 Å². The van der Waals surface area contributed by atoms with E-state index in [1.807, 2.05) is 62.6 Å². The quantitative estimate of drug-likeness (QED) is 0.270. The molecule has 2 heterocycles. The number of aromatic nitrogens is 1. The molecule has 2 aromatic rings. The van der Waals surface area contributed by atoms with Crippen LogP contribution in [0, 0.1) is 5.92 Å². The van der Waals surface area contributed by atoms with E-state index in [1.54, 1.807) is 28.5 Å². The lowest BCUT2D eigenvalue weighted by atomic mass is 9.94. The lowest BCUT2D eigenvalue weighted by Gasteiger charge is -2.33. The molecule has 36 heavy (non-hydrogen) atoms. The average Bonchev–Trinajstić information content (AvgIpc) is 2.91. The second-order valence-electron chi connectivity index (χ2n) is 8.43. The predicted molar refractivity (Wildman–Crippen MR) is 148 cm³/mol. The Labute approximate surface area is 221 Å². The number of piperidine rings is 1. The van der Waals surface area contributed by atoms with Crippen LogP contribution in [0.5, 0.6) is 0 Å². The van der Waals surface area contributed by atoms with Gasteiger partial charge in [0.2, 0.25) is 0 Å². The largest absolute Gasteiger partial charge is 0.445 e. The van der Waals surface area contributed by atoms with Crippen molar-refractivity contribution in [2.75, 3.05) is 27.2 Å². The third kappa shape index (κ3) is 8.64. The first-order valence-corrected chi connectivity index (χ1v) is 12.7. The average molecular weight is 554 g/mol. The Hall–Kier alpha value is -3.46. The number of halogens is 1. The van der Waals surface area contributed by atoms with E-state index in [9.17, 15) is 4.79 Å². The van der Waals surface area contributed by atoms with Gasteiger partial charge in [-0.05, 0) is 46.0 Å². The number of likely N-dealkylation sites (tertiary alicyclic amines) is 1. The number of nitrogens with one attached hydrogen (secondary N) is 1. The molecule has 1 aliphatic heterocycles. The molecule has 9 heteroatoms. The maximum atomic E-state index is 12.8. The summed E-state index contributed by atoms with van der Waals surface area (Å²) >= 11 is 3.31. The number of benzene rings is 1. The van der Waals surface area contributed by atoms with Gasteiger partial charge in [0.15, 0.2) is 0 Å².